The molecule has 0 amide bonds. The van der Waals surface area contributed by atoms with Gasteiger partial charge in [-0.15, -0.1) is 0 Å². The number of benzene rings is 1. The highest BCUT2D eigenvalue weighted by atomic mass is 79.9. The summed E-state index contributed by atoms with van der Waals surface area (Å²) in [6.07, 6.45) is 2.68. The van der Waals surface area contributed by atoms with Crippen LogP contribution in [0, 0.1) is 6.92 Å². The number of pyridine rings is 1. The van der Waals surface area contributed by atoms with Gasteiger partial charge in [0.15, 0.2) is 11.5 Å². The first kappa shape index (κ1) is 13.9. The Hall–Kier alpha value is -1.55. The van der Waals surface area contributed by atoms with Crippen LogP contribution in [0.2, 0.25) is 0 Å². The number of aryl methyl sites for hydroxylation is 2. The zero-order chi connectivity index (χ0) is 13.8. The largest absolute Gasteiger partial charge is 0.493 e. The molecule has 1 heterocycles. The minimum Gasteiger partial charge on any atom is -0.493 e. The summed E-state index contributed by atoms with van der Waals surface area (Å²) >= 11 is 3.39. The van der Waals surface area contributed by atoms with Crippen molar-refractivity contribution in [2.45, 2.75) is 20.3 Å². The van der Waals surface area contributed by atoms with Gasteiger partial charge in [-0.05, 0) is 53.0 Å². The zero-order valence-electron chi connectivity index (χ0n) is 11.2. The van der Waals surface area contributed by atoms with Gasteiger partial charge in [-0.2, -0.15) is 0 Å². The summed E-state index contributed by atoms with van der Waals surface area (Å²) in [5.41, 5.74) is 2.18. The van der Waals surface area contributed by atoms with E-state index in [0.29, 0.717) is 11.6 Å². The second-order valence-electron chi connectivity index (χ2n) is 4.22. The van der Waals surface area contributed by atoms with E-state index in [1.165, 1.54) is 5.56 Å². The molecule has 3 nitrogen and oxygen atoms in total. The molecule has 100 valence electrons. The molecule has 0 saturated heterocycles. The van der Waals surface area contributed by atoms with E-state index in [1.54, 1.807) is 13.3 Å². The smallest absolute Gasteiger partial charge is 0.222 e. The Morgan fingerprint density at radius 3 is 2.63 bits per heavy atom. The highest BCUT2D eigenvalue weighted by molar-refractivity contribution is 9.10. The fourth-order valence-electron chi connectivity index (χ4n) is 1.76. The van der Waals surface area contributed by atoms with Crippen LogP contribution in [0.15, 0.2) is 34.9 Å². The summed E-state index contributed by atoms with van der Waals surface area (Å²) in [6, 6.07) is 7.91. The molecule has 1 aromatic heterocycles. The lowest BCUT2D eigenvalue weighted by Gasteiger charge is -2.12. The van der Waals surface area contributed by atoms with Gasteiger partial charge in [-0.25, -0.2) is 4.98 Å². The molecule has 1 aromatic carbocycles. The minimum atomic E-state index is 0.589. The summed E-state index contributed by atoms with van der Waals surface area (Å²) < 4.78 is 12.1. The molecule has 2 aromatic rings. The molecule has 19 heavy (non-hydrogen) atoms. The van der Waals surface area contributed by atoms with Crippen molar-refractivity contribution in [3.05, 3.63) is 46.1 Å². The van der Waals surface area contributed by atoms with Gasteiger partial charge in [0, 0.05) is 16.2 Å². The molecule has 4 heteroatoms. The molecule has 0 N–H and O–H groups in total. The second-order valence-corrected chi connectivity index (χ2v) is 5.13. The van der Waals surface area contributed by atoms with Crippen molar-refractivity contribution in [1.29, 1.82) is 0 Å². The average molecular weight is 322 g/mol. The Morgan fingerprint density at radius 1 is 1.21 bits per heavy atom. The van der Waals surface area contributed by atoms with E-state index in [9.17, 15) is 0 Å². The molecule has 0 bridgehead atoms. The van der Waals surface area contributed by atoms with E-state index in [2.05, 4.69) is 27.8 Å². The van der Waals surface area contributed by atoms with Crippen molar-refractivity contribution in [3.8, 4) is 17.4 Å². The van der Waals surface area contributed by atoms with Crippen LogP contribution in [0.1, 0.15) is 18.1 Å². The van der Waals surface area contributed by atoms with Crippen LogP contribution in [0.5, 0.6) is 17.4 Å². The highest BCUT2D eigenvalue weighted by Crippen LogP contribution is 2.33. The van der Waals surface area contributed by atoms with Crippen LogP contribution >= 0.6 is 15.9 Å². The molecule has 0 fully saturated rings. The van der Waals surface area contributed by atoms with E-state index < -0.39 is 0 Å². The van der Waals surface area contributed by atoms with Crippen molar-refractivity contribution >= 4 is 15.9 Å². The molecule has 0 radical (unpaired) electrons. The van der Waals surface area contributed by atoms with E-state index in [-0.39, 0.29) is 0 Å². The highest BCUT2D eigenvalue weighted by Gasteiger charge is 2.09. The standard InChI is InChI=1S/C15H16BrNO2/c1-4-11-5-6-13(14(8-11)18-3)19-15-10(2)7-12(16)9-17-15/h5-9H,4H2,1-3H3. The first-order chi connectivity index (χ1) is 9.13. The predicted molar refractivity (Wildman–Crippen MR) is 79.1 cm³/mol. The van der Waals surface area contributed by atoms with E-state index in [0.717, 1.165) is 22.2 Å². The van der Waals surface area contributed by atoms with Crippen molar-refractivity contribution < 1.29 is 9.47 Å². The topological polar surface area (TPSA) is 31.4 Å². The molecule has 0 saturated carbocycles. The number of nitrogens with zero attached hydrogens (tertiary/aromatic N) is 1. The molecule has 2 rings (SSSR count). The maximum atomic E-state index is 5.83. The van der Waals surface area contributed by atoms with Crippen LogP contribution in [0.25, 0.3) is 0 Å². The average Bonchev–Trinajstić information content (AvgIpc) is 2.42. The zero-order valence-corrected chi connectivity index (χ0v) is 12.8. The lowest BCUT2D eigenvalue weighted by Crippen LogP contribution is -1.95. The fraction of sp³-hybridized carbons (Fsp3) is 0.267. The van der Waals surface area contributed by atoms with Gasteiger partial charge >= 0.3 is 0 Å². The number of hydrogen-bond acceptors (Lipinski definition) is 3. The van der Waals surface area contributed by atoms with Crippen LogP contribution in [0.4, 0.5) is 0 Å². The van der Waals surface area contributed by atoms with Gasteiger partial charge in [0.2, 0.25) is 5.88 Å². The van der Waals surface area contributed by atoms with E-state index in [4.69, 9.17) is 9.47 Å². The third kappa shape index (κ3) is 3.26. The summed E-state index contributed by atoms with van der Waals surface area (Å²) in [4.78, 5) is 4.27. The Labute approximate surface area is 121 Å². The summed E-state index contributed by atoms with van der Waals surface area (Å²) in [5, 5.41) is 0. The number of aromatic nitrogens is 1. The first-order valence-corrected chi connectivity index (χ1v) is 6.90. The Kier molecular flexibility index (Phi) is 4.43. The van der Waals surface area contributed by atoms with E-state index >= 15 is 0 Å². The predicted octanol–water partition coefficient (Wildman–Crippen LogP) is 4.52. The lowest BCUT2D eigenvalue weighted by atomic mass is 10.1. The van der Waals surface area contributed by atoms with Gasteiger partial charge in [-0.3, -0.25) is 0 Å². The monoisotopic (exact) mass is 321 g/mol. The molecule has 0 unspecified atom stereocenters. The fourth-order valence-corrected chi connectivity index (χ4v) is 2.20. The summed E-state index contributed by atoms with van der Waals surface area (Å²) in [6.45, 7) is 4.07. The Balaban J connectivity index is 2.32. The molecular formula is C15H16BrNO2. The maximum absolute atomic E-state index is 5.83. The van der Waals surface area contributed by atoms with Crippen LogP contribution < -0.4 is 9.47 Å². The molecule has 0 aliphatic heterocycles. The van der Waals surface area contributed by atoms with Gasteiger partial charge < -0.3 is 9.47 Å². The Bertz CT molecular complexity index is 584. The van der Waals surface area contributed by atoms with E-state index in [1.807, 2.05) is 31.2 Å². The first-order valence-electron chi connectivity index (χ1n) is 6.11. The Morgan fingerprint density at radius 2 is 2.00 bits per heavy atom. The number of ether oxygens (including phenoxy) is 2. The van der Waals surface area contributed by atoms with Gasteiger partial charge in [-0.1, -0.05) is 13.0 Å². The lowest BCUT2D eigenvalue weighted by molar-refractivity contribution is 0.372. The van der Waals surface area contributed by atoms with Gasteiger partial charge in [0.1, 0.15) is 0 Å². The second kappa shape index (κ2) is 6.06. The molecule has 0 atom stereocenters. The van der Waals surface area contributed by atoms with Crippen LogP contribution in [-0.2, 0) is 6.42 Å². The van der Waals surface area contributed by atoms with Crippen molar-refractivity contribution in [2.24, 2.45) is 0 Å². The third-order valence-corrected chi connectivity index (χ3v) is 3.27. The molecule has 0 spiro atoms. The number of hydrogen-bond donors (Lipinski definition) is 0. The van der Waals surface area contributed by atoms with Crippen LogP contribution in [-0.4, -0.2) is 12.1 Å². The third-order valence-electron chi connectivity index (χ3n) is 2.84. The molecule has 0 aliphatic rings. The summed E-state index contributed by atoms with van der Waals surface area (Å²) in [5.74, 6) is 1.99. The number of halogens is 1. The number of methoxy groups -OCH3 is 1. The van der Waals surface area contributed by atoms with Gasteiger partial charge in [0.25, 0.3) is 0 Å². The normalized spacial score (nSPS) is 10.3. The van der Waals surface area contributed by atoms with Crippen molar-refractivity contribution in [1.82, 2.24) is 4.98 Å². The quantitative estimate of drug-likeness (QED) is 0.829. The minimum absolute atomic E-state index is 0.589. The van der Waals surface area contributed by atoms with Crippen molar-refractivity contribution in [2.75, 3.05) is 7.11 Å². The van der Waals surface area contributed by atoms with Gasteiger partial charge in [0.05, 0.1) is 7.11 Å². The molecular weight excluding hydrogens is 306 g/mol. The maximum Gasteiger partial charge on any atom is 0.222 e. The SMILES string of the molecule is CCc1ccc(Oc2ncc(Br)cc2C)c(OC)c1. The summed E-state index contributed by atoms with van der Waals surface area (Å²) in [7, 11) is 1.64. The molecule has 0 aliphatic carbocycles. The number of rotatable bonds is 4. The van der Waals surface area contributed by atoms with Crippen molar-refractivity contribution in [3.63, 3.8) is 0 Å². The van der Waals surface area contributed by atoms with Crippen LogP contribution in [0.3, 0.4) is 0 Å².